The van der Waals surface area contributed by atoms with E-state index in [-0.39, 0.29) is 24.4 Å². The number of piperidine rings is 1. The van der Waals surface area contributed by atoms with Crippen LogP contribution in [0.5, 0.6) is 0 Å². The molecule has 1 N–H and O–H groups in total. The van der Waals surface area contributed by atoms with Crippen LogP contribution in [0.1, 0.15) is 37.3 Å². The molecule has 0 aromatic heterocycles. The number of hydrogen-bond acceptors (Lipinski definition) is 3. The van der Waals surface area contributed by atoms with Crippen LogP contribution >= 0.6 is 0 Å². The summed E-state index contributed by atoms with van der Waals surface area (Å²) in [4.78, 5) is 13.0. The molecule has 2 aromatic carbocycles. The maximum atomic E-state index is 12.9. The summed E-state index contributed by atoms with van der Waals surface area (Å²) in [7, 11) is -3.57. The zero-order chi connectivity index (χ0) is 20.9. The molecule has 29 heavy (non-hydrogen) atoms. The first-order chi connectivity index (χ1) is 13.9. The first kappa shape index (κ1) is 21.5. The van der Waals surface area contributed by atoms with Crippen molar-refractivity contribution < 1.29 is 13.2 Å². The van der Waals surface area contributed by atoms with Gasteiger partial charge in [0.25, 0.3) is 0 Å². The van der Waals surface area contributed by atoms with Gasteiger partial charge in [0.05, 0.1) is 10.8 Å². The summed E-state index contributed by atoms with van der Waals surface area (Å²) >= 11 is 0. The van der Waals surface area contributed by atoms with Crippen molar-refractivity contribution in [3.05, 3.63) is 65.7 Å². The molecule has 0 radical (unpaired) electrons. The highest BCUT2D eigenvalue weighted by Crippen LogP contribution is 2.24. The number of amides is 1. The summed E-state index contributed by atoms with van der Waals surface area (Å²) in [6.07, 6.45) is 3.17. The molecule has 6 heteroatoms. The summed E-state index contributed by atoms with van der Waals surface area (Å²) in [5.74, 6) is -0.350. The zero-order valence-corrected chi connectivity index (χ0v) is 18.0. The van der Waals surface area contributed by atoms with Gasteiger partial charge in [-0.25, -0.2) is 8.42 Å². The second kappa shape index (κ2) is 9.55. The Morgan fingerprint density at radius 2 is 1.83 bits per heavy atom. The zero-order valence-electron chi connectivity index (χ0n) is 17.2. The third-order valence-electron chi connectivity index (χ3n) is 5.51. The molecular formula is C23H30N2O3S. The molecule has 1 aliphatic heterocycles. The van der Waals surface area contributed by atoms with E-state index in [0.29, 0.717) is 17.9 Å². The number of rotatable bonds is 7. The second-order valence-corrected chi connectivity index (χ2v) is 9.89. The highest BCUT2D eigenvalue weighted by Gasteiger charge is 2.33. The summed E-state index contributed by atoms with van der Waals surface area (Å²) in [5.41, 5.74) is 2.27. The first-order valence-electron chi connectivity index (χ1n) is 10.3. The number of carbonyl (C=O) groups is 1. The molecule has 5 nitrogen and oxygen atoms in total. The molecule has 156 valence electrons. The minimum atomic E-state index is -3.57. The Bertz CT molecular complexity index is 911. The van der Waals surface area contributed by atoms with E-state index in [1.807, 2.05) is 32.0 Å². The minimum Gasteiger partial charge on any atom is -0.353 e. The van der Waals surface area contributed by atoms with Gasteiger partial charge >= 0.3 is 0 Å². The fraction of sp³-hybridized carbons (Fsp3) is 0.435. The number of aryl methyl sites for hydroxylation is 2. The smallest absolute Gasteiger partial charge is 0.243 e. The highest BCUT2D eigenvalue weighted by molar-refractivity contribution is 7.89. The summed E-state index contributed by atoms with van der Waals surface area (Å²) in [5, 5.41) is 3.08. The highest BCUT2D eigenvalue weighted by atomic mass is 32.2. The molecule has 3 rings (SSSR count). The number of benzene rings is 2. The monoisotopic (exact) mass is 414 g/mol. The predicted molar refractivity (Wildman–Crippen MR) is 115 cm³/mol. The average molecular weight is 415 g/mol. The third-order valence-corrected chi connectivity index (χ3v) is 7.39. The molecule has 0 aliphatic carbocycles. The van der Waals surface area contributed by atoms with Crippen molar-refractivity contribution in [1.29, 1.82) is 0 Å². The lowest BCUT2D eigenvalue weighted by molar-refractivity contribution is -0.126. The molecule has 2 aromatic rings. The van der Waals surface area contributed by atoms with Crippen molar-refractivity contribution in [2.75, 3.05) is 13.1 Å². The molecule has 1 amide bonds. The van der Waals surface area contributed by atoms with Crippen LogP contribution in [-0.4, -0.2) is 37.8 Å². The van der Waals surface area contributed by atoms with Crippen molar-refractivity contribution in [3.63, 3.8) is 0 Å². The van der Waals surface area contributed by atoms with Crippen molar-refractivity contribution >= 4 is 15.9 Å². The van der Waals surface area contributed by atoms with Gasteiger partial charge in [-0.1, -0.05) is 48.0 Å². The number of nitrogens with one attached hydrogen (secondary N) is 1. The van der Waals surface area contributed by atoms with Gasteiger partial charge in [-0.2, -0.15) is 4.31 Å². The fourth-order valence-corrected chi connectivity index (χ4v) is 5.22. The van der Waals surface area contributed by atoms with E-state index in [4.69, 9.17) is 0 Å². The molecule has 1 aliphatic rings. The molecule has 0 saturated carbocycles. The van der Waals surface area contributed by atoms with Crippen molar-refractivity contribution in [1.82, 2.24) is 9.62 Å². The molecule has 1 fully saturated rings. The summed E-state index contributed by atoms with van der Waals surface area (Å²) in [6.45, 7) is 4.64. The van der Waals surface area contributed by atoms with Crippen LogP contribution in [0.3, 0.4) is 0 Å². The van der Waals surface area contributed by atoms with E-state index in [1.54, 1.807) is 24.3 Å². The lowest BCUT2D eigenvalue weighted by Gasteiger charge is -2.32. The Labute approximate surface area is 174 Å². The topological polar surface area (TPSA) is 66.5 Å². The van der Waals surface area contributed by atoms with Crippen LogP contribution < -0.4 is 5.32 Å². The van der Waals surface area contributed by atoms with Gasteiger partial charge in [-0.15, -0.1) is 0 Å². The lowest BCUT2D eigenvalue weighted by atomic mass is 9.98. The predicted octanol–water partition coefficient (Wildman–Crippen LogP) is 3.53. The SMILES string of the molecule is Cc1ccc(S(=O)(=O)N2CCC[C@H](C(=O)N[C@@H](C)CCc3ccccc3)C2)cc1. The van der Waals surface area contributed by atoms with E-state index in [0.717, 1.165) is 24.8 Å². The largest absolute Gasteiger partial charge is 0.353 e. The number of sulfonamides is 1. The maximum Gasteiger partial charge on any atom is 0.243 e. The molecular weight excluding hydrogens is 384 g/mol. The van der Waals surface area contributed by atoms with E-state index in [9.17, 15) is 13.2 Å². The Morgan fingerprint density at radius 1 is 1.14 bits per heavy atom. The van der Waals surface area contributed by atoms with Crippen LogP contribution in [0.25, 0.3) is 0 Å². The maximum absolute atomic E-state index is 12.9. The van der Waals surface area contributed by atoms with Crippen molar-refractivity contribution in [3.8, 4) is 0 Å². The Morgan fingerprint density at radius 3 is 2.52 bits per heavy atom. The molecule has 1 saturated heterocycles. The van der Waals surface area contributed by atoms with E-state index in [1.165, 1.54) is 9.87 Å². The fourth-order valence-electron chi connectivity index (χ4n) is 3.69. The van der Waals surface area contributed by atoms with Gasteiger partial charge in [-0.05, 0) is 57.2 Å². The minimum absolute atomic E-state index is 0.0469. The van der Waals surface area contributed by atoms with E-state index in [2.05, 4.69) is 17.4 Å². The van der Waals surface area contributed by atoms with E-state index < -0.39 is 10.0 Å². The summed E-state index contributed by atoms with van der Waals surface area (Å²) in [6, 6.07) is 17.1. The van der Waals surface area contributed by atoms with Crippen LogP contribution in [0.2, 0.25) is 0 Å². The van der Waals surface area contributed by atoms with E-state index >= 15 is 0 Å². The van der Waals surface area contributed by atoms with Crippen LogP contribution in [0.4, 0.5) is 0 Å². The van der Waals surface area contributed by atoms with Gasteiger partial charge in [0.1, 0.15) is 0 Å². The second-order valence-electron chi connectivity index (χ2n) is 7.95. The number of hydrogen-bond donors (Lipinski definition) is 1. The van der Waals surface area contributed by atoms with Crippen LogP contribution in [0, 0.1) is 12.8 Å². The van der Waals surface area contributed by atoms with Gasteiger partial charge in [-0.3, -0.25) is 4.79 Å². The lowest BCUT2D eigenvalue weighted by Crippen LogP contribution is -2.47. The van der Waals surface area contributed by atoms with Crippen molar-refractivity contribution in [2.24, 2.45) is 5.92 Å². The summed E-state index contributed by atoms with van der Waals surface area (Å²) < 4.78 is 27.3. The van der Waals surface area contributed by atoms with Crippen LogP contribution in [-0.2, 0) is 21.2 Å². The number of carbonyl (C=O) groups excluding carboxylic acids is 1. The quantitative estimate of drug-likeness (QED) is 0.754. The Kier molecular flexibility index (Phi) is 7.09. The molecule has 1 heterocycles. The molecule has 2 atom stereocenters. The van der Waals surface area contributed by atoms with Gasteiger partial charge in [0.2, 0.25) is 15.9 Å². The van der Waals surface area contributed by atoms with Crippen LogP contribution in [0.15, 0.2) is 59.5 Å². The molecule has 0 unspecified atom stereocenters. The van der Waals surface area contributed by atoms with Gasteiger partial charge in [0, 0.05) is 19.1 Å². The third kappa shape index (κ3) is 5.67. The standard InChI is InChI=1S/C23H30N2O3S/c1-18-10-14-22(15-11-18)29(27,28)25-16-6-9-21(17-25)23(26)24-19(2)12-13-20-7-4-3-5-8-20/h3-5,7-8,10-11,14-15,19,21H,6,9,12-13,16-17H2,1-2H3,(H,24,26)/t19-,21-/m0/s1. The van der Waals surface area contributed by atoms with Gasteiger partial charge < -0.3 is 5.32 Å². The Balaban J connectivity index is 1.56. The van der Waals surface area contributed by atoms with Crippen molar-refractivity contribution in [2.45, 2.75) is 50.5 Å². The molecule has 0 spiro atoms. The average Bonchev–Trinajstić information content (AvgIpc) is 2.73. The normalized spacial score (nSPS) is 18.9. The molecule has 0 bridgehead atoms. The Hall–Kier alpha value is -2.18. The number of nitrogens with zero attached hydrogens (tertiary/aromatic N) is 1. The van der Waals surface area contributed by atoms with Gasteiger partial charge in [0.15, 0.2) is 0 Å². The first-order valence-corrected chi connectivity index (χ1v) is 11.7.